The van der Waals surface area contributed by atoms with Crippen molar-refractivity contribution in [1.29, 1.82) is 0 Å². The van der Waals surface area contributed by atoms with Gasteiger partial charge in [0.25, 0.3) is 0 Å². The van der Waals surface area contributed by atoms with E-state index in [2.05, 4.69) is 150 Å². The maximum Gasteiger partial charge on any atom is 0.416 e. The van der Waals surface area contributed by atoms with Gasteiger partial charge in [0.15, 0.2) is 0 Å². The van der Waals surface area contributed by atoms with E-state index in [1.807, 2.05) is 30.3 Å². The first kappa shape index (κ1) is 37.7. The maximum absolute atomic E-state index is 13.6. The third-order valence-electron chi connectivity index (χ3n) is 13.3. The molecule has 0 aliphatic heterocycles. The van der Waals surface area contributed by atoms with E-state index in [1.54, 1.807) is 12.1 Å². The molecule has 6 aromatic rings. The number of nitrogens with zero attached hydrogens (tertiary/aromatic N) is 2. The zero-order chi connectivity index (χ0) is 40.9. The molecule has 1 atom stereocenters. The summed E-state index contributed by atoms with van der Waals surface area (Å²) in [7, 11) is 0. The summed E-state index contributed by atoms with van der Waals surface area (Å²) < 4.78 is 40.9. The smallest absolute Gasteiger partial charge is 0.310 e. The minimum Gasteiger partial charge on any atom is -0.310 e. The summed E-state index contributed by atoms with van der Waals surface area (Å²) in [6.07, 6.45) is -0.973. The number of allylic oxidation sites excluding steroid dienone is 4. The largest absolute Gasteiger partial charge is 0.416 e. The average molecular weight is 771 g/mol. The predicted octanol–water partition coefficient (Wildman–Crippen LogP) is 15.2. The van der Waals surface area contributed by atoms with E-state index in [0.29, 0.717) is 5.69 Å². The first-order chi connectivity index (χ1) is 27.5. The quantitative estimate of drug-likeness (QED) is 0.166. The van der Waals surface area contributed by atoms with E-state index in [9.17, 15) is 13.2 Å². The van der Waals surface area contributed by atoms with Crippen molar-refractivity contribution in [2.24, 2.45) is 0 Å². The Morgan fingerprint density at radius 1 is 0.517 bits per heavy atom. The SMILES string of the molecule is Cc1ccc(N(c2ccccc2)c2cc(C)c3c(c2)C(C)(C)C2=CC4=C(CC23C)C(C)(C)c2cc(N(c3ccccc3)c3ccc(C(F)(F)F)cc3)cc(C)c24)cc1. The van der Waals surface area contributed by atoms with Gasteiger partial charge >= 0.3 is 6.18 Å². The number of hydrogen-bond acceptors (Lipinski definition) is 2. The molecule has 0 bridgehead atoms. The number of halogens is 3. The molecule has 3 aliphatic carbocycles. The van der Waals surface area contributed by atoms with Gasteiger partial charge in [-0.05, 0) is 157 Å². The summed E-state index contributed by atoms with van der Waals surface area (Å²) in [5.74, 6) is 0. The van der Waals surface area contributed by atoms with Crippen LogP contribution in [0.5, 0.6) is 0 Å². The first-order valence-electron chi connectivity index (χ1n) is 20.2. The van der Waals surface area contributed by atoms with Crippen molar-refractivity contribution in [2.75, 3.05) is 9.80 Å². The van der Waals surface area contributed by atoms with Crippen molar-refractivity contribution >= 4 is 39.7 Å². The van der Waals surface area contributed by atoms with Crippen molar-refractivity contribution in [1.82, 2.24) is 0 Å². The lowest BCUT2D eigenvalue weighted by atomic mass is 9.64. The maximum atomic E-state index is 13.6. The van der Waals surface area contributed by atoms with Crippen molar-refractivity contribution < 1.29 is 13.2 Å². The van der Waals surface area contributed by atoms with Crippen LogP contribution in [0.25, 0.3) is 5.57 Å². The molecule has 6 aromatic carbocycles. The van der Waals surface area contributed by atoms with Crippen molar-refractivity contribution in [3.63, 3.8) is 0 Å². The Hall–Kier alpha value is -5.81. The molecule has 5 heteroatoms. The Balaban J connectivity index is 1.16. The van der Waals surface area contributed by atoms with E-state index < -0.39 is 11.7 Å². The van der Waals surface area contributed by atoms with Gasteiger partial charge in [-0.1, -0.05) is 100 Å². The lowest BCUT2D eigenvalue weighted by Gasteiger charge is -2.39. The fourth-order valence-corrected chi connectivity index (χ4v) is 10.5. The van der Waals surface area contributed by atoms with E-state index >= 15 is 0 Å². The van der Waals surface area contributed by atoms with Gasteiger partial charge in [0.05, 0.1) is 5.56 Å². The van der Waals surface area contributed by atoms with Gasteiger partial charge in [-0.25, -0.2) is 0 Å². The van der Waals surface area contributed by atoms with Gasteiger partial charge in [0.2, 0.25) is 0 Å². The van der Waals surface area contributed by atoms with Gasteiger partial charge < -0.3 is 9.80 Å². The van der Waals surface area contributed by atoms with Crippen LogP contribution in [-0.2, 0) is 22.4 Å². The molecule has 0 N–H and O–H groups in total. The summed E-state index contributed by atoms with van der Waals surface area (Å²) in [6.45, 7) is 18.6. The highest BCUT2D eigenvalue weighted by Gasteiger charge is 2.55. The van der Waals surface area contributed by atoms with Crippen molar-refractivity contribution in [3.8, 4) is 0 Å². The van der Waals surface area contributed by atoms with Crippen molar-refractivity contribution in [3.05, 3.63) is 195 Å². The van der Waals surface area contributed by atoms with Crippen LogP contribution in [0.15, 0.2) is 151 Å². The summed E-state index contributed by atoms with van der Waals surface area (Å²) in [5.41, 5.74) is 17.8. The molecule has 292 valence electrons. The molecule has 0 spiro atoms. The summed E-state index contributed by atoms with van der Waals surface area (Å²) in [5, 5.41) is 0. The first-order valence-corrected chi connectivity index (χ1v) is 20.2. The molecule has 0 radical (unpaired) electrons. The number of aryl methyl sites for hydroxylation is 3. The third-order valence-corrected chi connectivity index (χ3v) is 13.3. The molecule has 2 nitrogen and oxygen atoms in total. The molecule has 0 aromatic heterocycles. The Bertz CT molecular complexity index is 2650. The fraction of sp³-hybridized carbons (Fsp3) is 0.245. The molecule has 0 saturated carbocycles. The highest BCUT2D eigenvalue weighted by atomic mass is 19.4. The lowest BCUT2D eigenvalue weighted by Crippen LogP contribution is -2.32. The van der Waals surface area contributed by atoms with E-state index in [4.69, 9.17) is 0 Å². The van der Waals surface area contributed by atoms with E-state index in [1.165, 1.54) is 62.2 Å². The number of anilines is 6. The average Bonchev–Trinajstić information content (AvgIpc) is 3.51. The Labute approximate surface area is 341 Å². The molecule has 0 amide bonds. The van der Waals surface area contributed by atoms with Gasteiger partial charge in [-0.3, -0.25) is 0 Å². The molecule has 3 aliphatic rings. The standard InChI is InChI=1S/C53H49F3N2/c1-33-19-23-39(24-20-33)57(37-15-11-9-12-16-37)42-28-35(3)49-45(30-42)51(6,7)47-31-43-46(32-52(47,49)8)50(4,5)44-29-41(27-34(2)48(43)44)58(38-17-13-10-14-18-38)40-25-21-36(22-26-40)53(54,55)56/h9-31H,32H2,1-8H3. The topological polar surface area (TPSA) is 6.48 Å². The summed E-state index contributed by atoms with van der Waals surface area (Å²) >= 11 is 0. The monoisotopic (exact) mass is 770 g/mol. The highest BCUT2D eigenvalue weighted by molar-refractivity contribution is 5.93. The van der Waals surface area contributed by atoms with E-state index in [-0.39, 0.29) is 16.2 Å². The molecular formula is C53H49F3N2. The number of benzene rings is 6. The van der Waals surface area contributed by atoms with Gasteiger partial charge in [0, 0.05) is 50.4 Å². The Morgan fingerprint density at radius 2 is 1.00 bits per heavy atom. The molecule has 0 heterocycles. The van der Waals surface area contributed by atoms with Crippen LogP contribution >= 0.6 is 0 Å². The van der Waals surface area contributed by atoms with Gasteiger partial charge in [0.1, 0.15) is 0 Å². The van der Waals surface area contributed by atoms with Crippen LogP contribution in [-0.4, -0.2) is 0 Å². The number of para-hydroxylation sites is 2. The van der Waals surface area contributed by atoms with Crippen LogP contribution in [0.2, 0.25) is 0 Å². The minimum atomic E-state index is -4.40. The second-order valence-electron chi connectivity index (χ2n) is 17.8. The zero-order valence-electron chi connectivity index (χ0n) is 34.5. The number of rotatable bonds is 6. The number of fused-ring (bicyclic) bond motifs is 5. The van der Waals surface area contributed by atoms with Crippen LogP contribution in [0.3, 0.4) is 0 Å². The zero-order valence-corrected chi connectivity index (χ0v) is 34.5. The van der Waals surface area contributed by atoms with Gasteiger partial charge in [-0.15, -0.1) is 0 Å². The van der Waals surface area contributed by atoms with Crippen molar-refractivity contribution in [2.45, 2.75) is 84.2 Å². The lowest BCUT2D eigenvalue weighted by molar-refractivity contribution is -0.137. The molecule has 0 saturated heterocycles. The molecule has 1 unspecified atom stereocenters. The predicted molar refractivity (Wildman–Crippen MR) is 234 cm³/mol. The molecule has 58 heavy (non-hydrogen) atoms. The molecule has 0 fully saturated rings. The normalized spacial score (nSPS) is 18.6. The van der Waals surface area contributed by atoms with Gasteiger partial charge in [-0.2, -0.15) is 13.2 Å². The van der Waals surface area contributed by atoms with Crippen LogP contribution < -0.4 is 9.80 Å². The second kappa shape index (κ2) is 13.1. The fourth-order valence-electron chi connectivity index (χ4n) is 10.5. The number of hydrogen-bond donors (Lipinski definition) is 0. The summed E-state index contributed by atoms with van der Waals surface area (Å²) in [4.78, 5) is 4.45. The Kier molecular flexibility index (Phi) is 8.53. The Morgan fingerprint density at radius 3 is 1.53 bits per heavy atom. The highest BCUT2D eigenvalue weighted by Crippen LogP contribution is 2.65. The van der Waals surface area contributed by atoms with Crippen LogP contribution in [0.4, 0.5) is 47.3 Å². The van der Waals surface area contributed by atoms with Crippen LogP contribution in [0.1, 0.15) is 85.5 Å². The second-order valence-corrected chi connectivity index (χ2v) is 17.8. The minimum absolute atomic E-state index is 0.200. The van der Waals surface area contributed by atoms with E-state index in [0.717, 1.165) is 40.4 Å². The molecule has 9 rings (SSSR count). The number of alkyl halides is 3. The summed E-state index contributed by atoms with van der Waals surface area (Å²) in [6, 6.07) is 44.1. The molecular weight excluding hydrogens is 722 g/mol. The third kappa shape index (κ3) is 5.76. The van der Waals surface area contributed by atoms with Crippen LogP contribution in [0, 0.1) is 20.8 Å².